The number of alkyl halides is 1. The number of methoxy groups -OCH3 is 1. The summed E-state index contributed by atoms with van der Waals surface area (Å²) in [6, 6.07) is 9.78. The molecule has 1 heterocycles. The number of halogens is 1. The summed E-state index contributed by atoms with van der Waals surface area (Å²) in [5.74, 6) is 6.66. The van der Waals surface area contributed by atoms with Crippen LogP contribution in [-0.2, 0) is 0 Å². The van der Waals surface area contributed by atoms with E-state index in [9.17, 15) is 0 Å². The summed E-state index contributed by atoms with van der Waals surface area (Å²) < 4.78 is 5.07. The van der Waals surface area contributed by atoms with E-state index >= 15 is 0 Å². The Morgan fingerprint density at radius 3 is 2.94 bits per heavy atom. The molecule has 0 saturated carbocycles. The van der Waals surface area contributed by atoms with Gasteiger partial charge in [-0.25, -0.2) is 4.98 Å². The van der Waals surface area contributed by atoms with Gasteiger partial charge in [0.1, 0.15) is 0 Å². The summed E-state index contributed by atoms with van der Waals surface area (Å²) in [5, 5.41) is 1.76. The summed E-state index contributed by atoms with van der Waals surface area (Å²) in [7, 11) is 1.62. The fourth-order valence-electron chi connectivity index (χ4n) is 1.43. The molecule has 16 heavy (non-hydrogen) atoms. The third-order valence-corrected chi connectivity index (χ3v) is 2.45. The Morgan fingerprint density at radius 1 is 1.31 bits per heavy atom. The maximum atomic E-state index is 5.07. The second-order valence-electron chi connectivity index (χ2n) is 3.20. The Morgan fingerprint density at radius 2 is 2.19 bits per heavy atom. The Kier molecular flexibility index (Phi) is 3.43. The predicted molar refractivity (Wildman–Crippen MR) is 69.0 cm³/mol. The first kappa shape index (κ1) is 11.0. The number of aromatic nitrogens is 1. The molecule has 1 aromatic heterocycles. The van der Waals surface area contributed by atoms with E-state index in [1.165, 1.54) is 0 Å². The van der Waals surface area contributed by atoms with E-state index in [0.717, 1.165) is 16.5 Å². The highest BCUT2D eigenvalue weighted by atomic mass is 79.9. The van der Waals surface area contributed by atoms with Crippen molar-refractivity contribution in [2.45, 2.75) is 0 Å². The van der Waals surface area contributed by atoms with Gasteiger partial charge in [0.15, 0.2) is 0 Å². The predicted octanol–water partition coefficient (Wildman–Crippen LogP) is 2.99. The van der Waals surface area contributed by atoms with Crippen molar-refractivity contribution in [1.29, 1.82) is 0 Å². The Balaban J connectivity index is 2.47. The molecule has 0 aliphatic carbocycles. The van der Waals surface area contributed by atoms with Gasteiger partial charge in [-0.15, -0.1) is 0 Å². The zero-order valence-corrected chi connectivity index (χ0v) is 10.4. The summed E-state index contributed by atoms with van der Waals surface area (Å²) in [4.78, 5) is 4.34. The molecule has 3 heteroatoms. The summed E-state index contributed by atoms with van der Waals surface area (Å²) in [6.07, 6.45) is 0. The minimum absolute atomic E-state index is 0.631. The van der Waals surface area contributed by atoms with E-state index in [-0.39, 0.29) is 0 Å². The van der Waals surface area contributed by atoms with E-state index in [2.05, 4.69) is 32.8 Å². The number of benzene rings is 1. The summed E-state index contributed by atoms with van der Waals surface area (Å²) >= 11 is 3.27. The lowest BCUT2D eigenvalue weighted by Gasteiger charge is -2.01. The second kappa shape index (κ2) is 5.00. The lowest BCUT2D eigenvalue weighted by molar-refractivity contribution is 0.399. The standard InChI is InChI=1S/C13H10BrNO/c1-16-13-7-5-11-9-10(3-2-8-14)4-6-12(11)15-13/h4-7,9H,8H2,1H3. The zero-order valence-electron chi connectivity index (χ0n) is 8.83. The van der Waals surface area contributed by atoms with Crippen LogP contribution in [0.25, 0.3) is 10.9 Å². The van der Waals surface area contributed by atoms with Gasteiger partial charge in [-0.05, 0) is 24.3 Å². The van der Waals surface area contributed by atoms with Crippen molar-refractivity contribution in [3.8, 4) is 17.7 Å². The molecular formula is C13H10BrNO. The number of hydrogen-bond donors (Lipinski definition) is 0. The van der Waals surface area contributed by atoms with Gasteiger partial charge in [0.05, 0.1) is 18.0 Å². The van der Waals surface area contributed by atoms with Crippen molar-refractivity contribution in [3.63, 3.8) is 0 Å². The Hall–Kier alpha value is -1.53. The lowest BCUT2D eigenvalue weighted by atomic mass is 10.1. The van der Waals surface area contributed by atoms with Crippen LogP contribution in [-0.4, -0.2) is 17.4 Å². The molecular weight excluding hydrogens is 266 g/mol. The number of pyridine rings is 1. The van der Waals surface area contributed by atoms with Crippen LogP contribution >= 0.6 is 15.9 Å². The van der Waals surface area contributed by atoms with Gasteiger partial charge in [0.25, 0.3) is 0 Å². The molecule has 2 rings (SSSR count). The van der Waals surface area contributed by atoms with Gasteiger partial charge in [0.2, 0.25) is 5.88 Å². The van der Waals surface area contributed by atoms with Crippen molar-refractivity contribution in [2.24, 2.45) is 0 Å². The molecule has 2 nitrogen and oxygen atoms in total. The molecule has 0 saturated heterocycles. The topological polar surface area (TPSA) is 22.1 Å². The van der Waals surface area contributed by atoms with E-state index < -0.39 is 0 Å². The first-order chi connectivity index (χ1) is 7.83. The number of rotatable bonds is 1. The summed E-state index contributed by atoms with van der Waals surface area (Å²) in [6.45, 7) is 0. The third kappa shape index (κ3) is 2.34. The Labute approximate surface area is 103 Å². The molecule has 0 N–H and O–H groups in total. The van der Waals surface area contributed by atoms with E-state index in [0.29, 0.717) is 11.2 Å². The van der Waals surface area contributed by atoms with Crippen molar-refractivity contribution < 1.29 is 4.74 Å². The zero-order chi connectivity index (χ0) is 11.4. The molecule has 0 unspecified atom stereocenters. The number of hydrogen-bond acceptors (Lipinski definition) is 2. The van der Waals surface area contributed by atoms with Gasteiger partial charge in [-0.3, -0.25) is 0 Å². The van der Waals surface area contributed by atoms with Gasteiger partial charge in [0, 0.05) is 17.0 Å². The van der Waals surface area contributed by atoms with Crippen molar-refractivity contribution in [2.75, 3.05) is 12.4 Å². The Bertz CT molecular complexity index is 569. The van der Waals surface area contributed by atoms with Gasteiger partial charge in [-0.1, -0.05) is 27.8 Å². The summed E-state index contributed by atoms with van der Waals surface area (Å²) in [5.41, 5.74) is 1.92. The van der Waals surface area contributed by atoms with Crippen LogP contribution in [0.3, 0.4) is 0 Å². The first-order valence-corrected chi connectivity index (χ1v) is 5.95. The highest BCUT2D eigenvalue weighted by Gasteiger charge is 1.98. The molecule has 0 fully saturated rings. The molecule has 80 valence electrons. The van der Waals surface area contributed by atoms with Crippen molar-refractivity contribution >= 4 is 26.8 Å². The van der Waals surface area contributed by atoms with Gasteiger partial charge < -0.3 is 4.74 Å². The van der Waals surface area contributed by atoms with Crippen molar-refractivity contribution in [3.05, 3.63) is 35.9 Å². The van der Waals surface area contributed by atoms with E-state index in [4.69, 9.17) is 4.74 Å². The van der Waals surface area contributed by atoms with Crippen molar-refractivity contribution in [1.82, 2.24) is 4.98 Å². The van der Waals surface area contributed by atoms with Crippen LogP contribution in [0, 0.1) is 11.8 Å². The minimum atomic E-state index is 0.631. The van der Waals surface area contributed by atoms with Crippen LogP contribution in [0.4, 0.5) is 0 Å². The lowest BCUT2D eigenvalue weighted by Crippen LogP contribution is -1.88. The quantitative estimate of drug-likeness (QED) is 0.590. The maximum absolute atomic E-state index is 5.07. The third-order valence-electron chi connectivity index (χ3n) is 2.17. The van der Waals surface area contributed by atoms with Gasteiger partial charge in [-0.2, -0.15) is 0 Å². The average Bonchev–Trinajstić information content (AvgIpc) is 2.35. The highest BCUT2D eigenvalue weighted by Crippen LogP contribution is 2.17. The van der Waals surface area contributed by atoms with Crippen LogP contribution in [0.15, 0.2) is 30.3 Å². The fourth-order valence-corrected chi connectivity index (χ4v) is 1.57. The fraction of sp³-hybridized carbons (Fsp3) is 0.154. The van der Waals surface area contributed by atoms with E-state index in [1.54, 1.807) is 7.11 Å². The molecule has 0 amide bonds. The molecule has 0 radical (unpaired) electrons. The molecule has 1 aromatic carbocycles. The van der Waals surface area contributed by atoms with E-state index in [1.807, 2.05) is 30.3 Å². The molecule has 2 aromatic rings. The monoisotopic (exact) mass is 275 g/mol. The first-order valence-electron chi connectivity index (χ1n) is 4.83. The highest BCUT2D eigenvalue weighted by molar-refractivity contribution is 9.09. The minimum Gasteiger partial charge on any atom is -0.481 e. The smallest absolute Gasteiger partial charge is 0.213 e. The largest absolute Gasteiger partial charge is 0.481 e. The number of nitrogens with zero attached hydrogens (tertiary/aromatic N) is 1. The van der Waals surface area contributed by atoms with Crippen LogP contribution in [0.1, 0.15) is 5.56 Å². The molecule has 0 atom stereocenters. The van der Waals surface area contributed by atoms with Crippen LogP contribution in [0.5, 0.6) is 5.88 Å². The van der Waals surface area contributed by atoms with Crippen LogP contribution < -0.4 is 4.74 Å². The molecule has 0 spiro atoms. The SMILES string of the molecule is COc1ccc2cc(C#CCBr)ccc2n1. The normalized spacial score (nSPS) is 9.62. The second-order valence-corrected chi connectivity index (χ2v) is 3.76. The molecule has 0 aliphatic heterocycles. The number of fused-ring (bicyclic) bond motifs is 1. The molecule has 0 aliphatic rings. The molecule has 0 bridgehead atoms. The maximum Gasteiger partial charge on any atom is 0.213 e. The van der Waals surface area contributed by atoms with Gasteiger partial charge >= 0.3 is 0 Å². The van der Waals surface area contributed by atoms with Crippen LogP contribution in [0.2, 0.25) is 0 Å². The number of ether oxygens (including phenoxy) is 1. The average molecular weight is 276 g/mol.